The van der Waals surface area contributed by atoms with Gasteiger partial charge in [0.2, 0.25) is 5.79 Å². The molecule has 0 amide bonds. The molecule has 2 aliphatic heterocycles. The van der Waals surface area contributed by atoms with Gasteiger partial charge in [-0.25, -0.2) is 9.97 Å². The van der Waals surface area contributed by atoms with E-state index in [1.165, 1.54) is 0 Å². The largest absolute Gasteiger partial charge is 0.392 e. The second-order valence-corrected chi connectivity index (χ2v) is 12.6. The first-order valence-electron chi connectivity index (χ1n) is 12.0. The van der Waals surface area contributed by atoms with Gasteiger partial charge in [0.1, 0.15) is 11.5 Å². The highest BCUT2D eigenvalue weighted by molar-refractivity contribution is 9.10. The fraction of sp³-hybridized carbons (Fsp3) is 0.680. The van der Waals surface area contributed by atoms with Gasteiger partial charge < -0.3 is 25.2 Å². The van der Waals surface area contributed by atoms with Crippen LogP contribution in [0, 0.1) is 22.7 Å². The quantitative estimate of drug-likeness (QED) is 0.424. The van der Waals surface area contributed by atoms with Crippen molar-refractivity contribution in [2.24, 2.45) is 22.7 Å². The Balaban J connectivity index is 1.56. The monoisotopic (exact) mass is 516 g/mol. The zero-order valence-electron chi connectivity index (χ0n) is 18.7. The maximum absolute atomic E-state index is 12.3. The number of aliphatic hydroxyl groups excluding tert-OH is 3. The zero-order valence-corrected chi connectivity index (χ0v) is 20.3. The average Bonchev–Trinajstić information content (AvgIpc) is 2.89. The van der Waals surface area contributed by atoms with Crippen LogP contribution in [-0.4, -0.2) is 61.1 Å². The molecule has 3 heterocycles. The van der Waals surface area contributed by atoms with Crippen LogP contribution in [0.25, 0.3) is 11.0 Å². The first-order chi connectivity index (χ1) is 15.6. The molecule has 4 N–H and O–H groups in total. The molecule has 4 aliphatic carbocycles. The number of hydrogen-bond acceptors (Lipinski definition) is 7. The molecule has 2 aromatic rings. The van der Waals surface area contributed by atoms with Crippen LogP contribution in [0.3, 0.4) is 0 Å². The molecule has 1 aromatic heterocycles. The normalized spacial score (nSPS) is 48.9. The van der Waals surface area contributed by atoms with Gasteiger partial charge >= 0.3 is 0 Å². The van der Waals surface area contributed by atoms with Crippen molar-refractivity contribution in [1.82, 2.24) is 9.97 Å². The summed E-state index contributed by atoms with van der Waals surface area (Å²) in [5.74, 6) is -2.92. The van der Waals surface area contributed by atoms with E-state index in [0.717, 1.165) is 16.4 Å². The lowest BCUT2D eigenvalue weighted by molar-refractivity contribution is -0.449. The number of hydrogen-bond donors (Lipinski definition) is 4. The molecule has 5 fully saturated rings. The van der Waals surface area contributed by atoms with Crippen molar-refractivity contribution in [3.63, 3.8) is 0 Å². The molecule has 176 valence electrons. The Kier molecular flexibility index (Phi) is 3.94. The molecule has 8 rings (SSSR count). The van der Waals surface area contributed by atoms with E-state index >= 15 is 0 Å². The van der Waals surface area contributed by atoms with Crippen LogP contribution in [0.1, 0.15) is 56.8 Å². The van der Waals surface area contributed by atoms with Gasteiger partial charge in [0.25, 0.3) is 0 Å². The third kappa shape index (κ3) is 2.09. The SMILES string of the molecule is CC1(C)CC[C@H](O)[C@]23CO[C@@](O)([C@@H](O)C12)C12c4nc5cc(Br)ccc5nc4[C@H](CCC13)[C@H]2O. The van der Waals surface area contributed by atoms with E-state index in [2.05, 4.69) is 29.8 Å². The Hall–Kier alpha value is -1.16. The highest BCUT2D eigenvalue weighted by atomic mass is 79.9. The van der Waals surface area contributed by atoms with Crippen molar-refractivity contribution in [3.05, 3.63) is 34.1 Å². The average molecular weight is 517 g/mol. The van der Waals surface area contributed by atoms with Crippen molar-refractivity contribution in [2.75, 3.05) is 6.61 Å². The van der Waals surface area contributed by atoms with Crippen molar-refractivity contribution in [1.29, 1.82) is 0 Å². The number of fused-ring (bicyclic) bond motifs is 5. The summed E-state index contributed by atoms with van der Waals surface area (Å²) in [7, 11) is 0. The molecule has 6 aliphatic rings. The minimum absolute atomic E-state index is 0.168. The number of benzene rings is 1. The maximum Gasteiger partial charge on any atom is 0.206 e. The minimum Gasteiger partial charge on any atom is -0.392 e. The summed E-state index contributed by atoms with van der Waals surface area (Å²) in [4.78, 5) is 9.90. The van der Waals surface area contributed by atoms with E-state index in [9.17, 15) is 20.4 Å². The fourth-order valence-electron chi connectivity index (χ4n) is 9.01. The lowest BCUT2D eigenvalue weighted by atomic mass is 9.35. The topological polar surface area (TPSA) is 116 Å². The molecule has 2 spiro atoms. The van der Waals surface area contributed by atoms with Crippen LogP contribution >= 0.6 is 15.9 Å². The lowest BCUT2D eigenvalue weighted by Crippen LogP contribution is -2.86. The Morgan fingerprint density at radius 2 is 1.82 bits per heavy atom. The van der Waals surface area contributed by atoms with Gasteiger partial charge in [-0.05, 0) is 55.2 Å². The molecule has 8 heteroatoms. The van der Waals surface area contributed by atoms with E-state index in [-0.39, 0.29) is 29.8 Å². The molecule has 4 bridgehead atoms. The highest BCUT2D eigenvalue weighted by Crippen LogP contribution is 2.76. The smallest absolute Gasteiger partial charge is 0.206 e. The van der Waals surface area contributed by atoms with Gasteiger partial charge in [0, 0.05) is 21.7 Å². The van der Waals surface area contributed by atoms with Crippen molar-refractivity contribution in [3.8, 4) is 0 Å². The minimum atomic E-state index is -2.00. The summed E-state index contributed by atoms with van der Waals surface area (Å²) >= 11 is 3.50. The highest BCUT2D eigenvalue weighted by Gasteiger charge is 2.85. The van der Waals surface area contributed by atoms with Crippen molar-refractivity contribution in [2.45, 2.75) is 75.0 Å². The van der Waals surface area contributed by atoms with Crippen LogP contribution in [-0.2, 0) is 10.2 Å². The molecular weight excluding hydrogens is 488 g/mol. The third-order valence-electron chi connectivity index (χ3n) is 10.2. The summed E-state index contributed by atoms with van der Waals surface area (Å²) in [6, 6.07) is 5.69. The molecule has 3 saturated carbocycles. The summed E-state index contributed by atoms with van der Waals surface area (Å²) in [6.07, 6.45) is -0.172. The molecule has 7 nitrogen and oxygen atoms in total. The molecule has 9 atom stereocenters. The number of aliphatic hydroxyl groups is 4. The van der Waals surface area contributed by atoms with Gasteiger partial charge in [0.15, 0.2) is 0 Å². The second-order valence-electron chi connectivity index (χ2n) is 11.7. The summed E-state index contributed by atoms with van der Waals surface area (Å²) in [6.45, 7) is 4.39. The van der Waals surface area contributed by atoms with Gasteiger partial charge in [-0.2, -0.15) is 0 Å². The number of ether oxygens (including phenoxy) is 1. The number of nitrogens with zero attached hydrogens (tertiary/aromatic N) is 2. The predicted molar refractivity (Wildman–Crippen MR) is 122 cm³/mol. The van der Waals surface area contributed by atoms with Crippen LogP contribution < -0.4 is 0 Å². The number of halogens is 1. The molecular formula is C25H29BrN2O5. The van der Waals surface area contributed by atoms with Crippen LogP contribution in [0.4, 0.5) is 0 Å². The Labute approximate surface area is 200 Å². The summed E-state index contributed by atoms with van der Waals surface area (Å²) in [5, 5.41) is 47.5. The van der Waals surface area contributed by atoms with Gasteiger partial charge in [-0.15, -0.1) is 0 Å². The van der Waals surface area contributed by atoms with Crippen molar-refractivity contribution < 1.29 is 25.2 Å². The third-order valence-corrected chi connectivity index (χ3v) is 10.7. The van der Waals surface area contributed by atoms with E-state index in [0.29, 0.717) is 36.2 Å². The number of rotatable bonds is 0. The van der Waals surface area contributed by atoms with E-state index < -0.39 is 34.9 Å². The van der Waals surface area contributed by atoms with Crippen LogP contribution in [0.5, 0.6) is 0 Å². The van der Waals surface area contributed by atoms with E-state index in [1.807, 2.05) is 18.2 Å². The van der Waals surface area contributed by atoms with E-state index in [1.54, 1.807) is 0 Å². The van der Waals surface area contributed by atoms with Gasteiger partial charge in [-0.1, -0.05) is 29.8 Å². The first-order valence-corrected chi connectivity index (χ1v) is 12.8. The molecule has 3 unspecified atom stereocenters. The predicted octanol–water partition coefficient (Wildman–Crippen LogP) is 2.38. The Morgan fingerprint density at radius 1 is 1.03 bits per heavy atom. The Morgan fingerprint density at radius 3 is 2.61 bits per heavy atom. The summed E-state index contributed by atoms with van der Waals surface area (Å²) in [5.41, 5.74) is 0.214. The Bertz CT molecular complexity index is 1210. The second kappa shape index (κ2) is 6.15. The maximum atomic E-state index is 12.3. The van der Waals surface area contributed by atoms with Crippen LogP contribution in [0.2, 0.25) is 0 Å². The van der Waals surface area contributed by atoms with Gasteiger partial charge in [-0.3, -0.25) is 0 Å². The standard InChI is InChI=1S/C25H29BrN2O5/c1-22(2)8-7-16(29)23-10-33-25(32,21(31)18(22)23)24-15(23)6-4-12(20(24)30)17-19(24)28-14-9-11(26)3-5-13(14)27-17/h3,5,9,12,15-16,18,20-21,29-32H,4,6-8,10H2,1-2H3/t12-,15?,16-,18?,20+,21-,23+,24?,25-/m0/s1. The fourth-order valence-corrected chi connectivity index (χ4v) is 9.36. The van der Waals surface area contributed by atoms with E-state index in [4.69, 9.17) is 14.7 Å². The summed E-state index contributed by atoms with van der Waals surface area (Å²) < 4.78 is 7.03. The lowest BCUT2D eigenvalue weighted by Gasteiger charge is -2.75. The first kappa shape index (κ1) is 21.1. The molecule has 33 heavy (non-hydrogen) atoms. The molecule has 1 aromatic carbocycles. The zero-order chi connectivity index (χ0) is 23.1. The van der Waals surface area contributed by atoms with Crippen LogP contribution in [0.15, 0.2) is 22.7 Å². The molecule has 0 radical (unpaired) electrons. The van der Waals surface area contributed by atoms with Gasteiger partial charge in [0.05, 0.1) is 41.2 Å². The van der Waals surface area contributed by atoms with Crippen molar-refractivity contribution >= 4 is 27.0 Å². The number of aromatic nitrogens is 2. The molecule has 2 saturated heterocycles.